The second-order valence-corrected chi connectivity index (χ2v) is 16.8. The number of allylic oxidation sites excluding steroid dienone is 2. The van der Waals surface area contributed by atoms with Gasteiger partial charge in [-0.3, -0.25) is 9.59 Å². The number of aliphatic hydroxyl groups is 1. The lowest BCUT2D eigenvalue weighted by atomic mass is 9.39. The maximum Gasteiger partial charge on any atom is 0.422 e. The molecule has 1 fully saturated rings. The smallest absolute Gasteiger partial charge is 0.422 e. The van der Waals surface area contributed by atoms with Crippen LogP contribution in [0.25, 0.3) is 0 Å². The van der Waals surface area contributed by atoms with Crippen LogP contribution in [-0.2, 0) is 14.3 Å². The topological polar surface area (TPSA) is 87.4 Å². The molecular formula is C36H58F3NO4. The summed E-state index contributed by atoms with van der Waals surface area (Å²) in [6.45, 7) is 20.8. The number of carbonyl (C=O) groups excluding carboxylic acids is 2. The monoisotopic (exact) mass is 625 g/mol. The van der Waals surface area contributed by atoms with E-state index >= 15 is 0 Å². The first-order chi connectivity index (χ1) is 19.8. The number of nitrogens with zero attached hydrogens (tertiary/aromatic N) is 1. The van der Waals surface area contributed by atoms with Crippen LogP contribution in [0.5, 0.6) is 0 Å². The molecule has 0 saturated heterocycles. The molecule has 1 N–H and O–H groups in total. The number of hydrogen-bond donors (Lipinski definition) is 1. The summed E-state index contributed by atoms with van der Waals surface area (Å²) in [4.78, 5) is 26.6. The first-order valence-electron chi connectivity index (χ1n) is 16.4. The summed E-state index contributed by atoms with van der Waals surface area (Å²) in [5.41, 5.74) is -3.05. The molecule has 0 heterocycles. The van der Waals surface area contributed by atoms with Gasteiger partial charge in [0.15, 0.2) is 12.4 Å². The van der Waals surface area contributed by atoms with Gasteiger partial charge in [-0.15, -0.1) is 0 Å². The zero-order chi connectivity index (χ0) is 34.2. The van der Waals surface area contributed by atoms with Crippen molar-refractivity contribution >= 4 is 11.8 Å². The van der Waals surface area contributed by atoms with Gasteiger partial charge in [-0.05, 0) is 98.7 Å². The van der Waals surface area contributed by atoms with Crippen LogP contribution in [0.3, 0.4) is 0 Å². The van der Waals surface area contributed by atoms with E-state index in [1.54, 1.807) is 13.8 Å². The summed E-state index contributed by atoms with van der Waals surface area (Å²) in [6, 6.07) is 2.14. The lowest BCUT2D eigenvalue weighted by Crippen LogP contribution is -2.60. The van der Waals surface area contributed by atoms with Gasteiger partial charge in [0.25, 0.3) is 0 Å². The van der Waals surface area contributed by atoms with Crippen LogP contribution < -0.4 is 0 Å². The molecule has 0 unspecified atom stereocenters. The highest BCUT2D eigenvalue weighted by molar-refractivity contribution is 6.04. The summed E-state index contributed by atoms with van der Waals surface area (Å²) < 4.78 is 44.0. The van der Waals surface area contributed by atoms with E-state index in [2.05, 4.69) is 54.5 Å². The normalized spacial score (nSPS) is 29.6. The van der Waals surface area contributed by atoms with Gasteiger partial charge >= 0.3 is 12.1 Å². The molecule has 6 atom stereocenters. The molecule has 8 heteroatoms. The van der Waals surface area contributed by atoms with Crippen molar-refractivity contribution in [2.75, 3.05) is 6.61 Å². The first kappa shape index (κ1) is 38.3. The van der Waals surface area contributed by atoms with Gasteiger partial charge in [-0.2, -0.15) is 18.4 Å². The minimum absolute atomic E-state index is 0.0179. The van der Waals surface area contributed by atoms with E-state index in [0.29, 0.717) is 32.1 Å². The molecule has 0 bridgehead atoms. The Kier molecular flexibility index (Phi) is 11.4. The first-order valence-corrected chi connectivity index (χ1v) is 16.4. The van der Waals surface area contributed by atoms with E-state index in [4.69, 9.17) is 4.74 Å². The number of carbonyl (C=O) groups is 2. The molecule has 2 aliphatic carbocycles. The number of aliphatic hydroxyl groups excluding tert-OH is 1. The molecule has 0 aromatic rings. The summed E-state index contributed by atoms with van der Waals surface area (Å²) in [5.74, 6) is -1.06. The zero-order valence-corrected chi connectivity index (χ0v) is 29.1. The maximum absolute atomic E-state index is 13.4. The Morgan fingerprint density at radius 2 is 1.64 bits per heavy atom. The van der Waals surface area contributed by atoms with E-state index in [1.165, 1.54) is 0 Å². The fourth-order valence-corrected chi connectivity index (χ4v) is 8.77. The molecule has 0 aromatic carbocycles. The van der Waals surface area contributed by atoms with Gasteiger partial charge in [0.1, 0.15) is 6.07 Å². The number of hydrogen-bond acceptors (Lipinski definition) is 5. The predicted molar refractivity (Wildman–Crippen MR) is 167 cm³/mol. The van der Waals surface area contributed by atoms with Crippen molar-refractivity contribution in [1.29, 1.82) is 5.26 Å². The number of ether oxygens (including phenoxy) is 1. The van der Waals surface area contributed by atoms with Crippen molar-refractivity contribution in [3.63, 3.8) is 0 Å². The fourth-order valence-electron chi connectivity index (χ4n) is 8.77. The van der Waals surface area contributed by atoms with Gasteiger partial charge in [-0.25, -0.2) is 0 Å². The van der Waals surface area contributed by atoms with E-state index in [-0.39, 0.29) is 34.0 Å². The van der Waals surface area contributed by atoms with Gasteiger partial charge in [0.2, 0.25) is 0 Å². The van der Waals surface area contributed by atoms with Crippen LogP contribution in [0.2, 0.25) is 0 Å². The number of esters is 1. The zero-order valence-electron chi connectivity index (χ0n) is 29.1. The average molecular weight is 626 g/mol. The lowest BCUT2D eigenvalue weighted by molar-refractivity contribution is -0.194. The molecule has 44 heavy (non-hydrogen) atoms. The van der Waals surface area contributed by atoms with E-state index in [1.807, 2.05) is 19.9 Å². The highest BCUT2D eigenvalue weighted by Crippen LogP contribution is 2.68. The maximum atomic E-state index is 13.4. The molecule has 0 radical (unpaired) electrons. The summed E-state index contributed by atoms with van der Waals surface area (Å²) >= 11 is 0. The van der Waals surface area contributed by atoms with Crippen molar-refractivity contribution < 1.29 is 32.6 Å². The number of halogens is 3. The predicted octanol–water partition coefficient (Wildman–Crippen LogP) is 9.38. The Hall–Kier alpha value is -1.88. The van der Waals surface area contributed by atoms with Crippen LogP contribution in [0.1, 0.15) is 134 Å². The average Bonchev–Trinajstić information content (AvgIpc) is 2.88. The number of ketones is 1. The molecule has 2 aliphatic rings. The van der Waals surface area contributed by atoms with Crippen LogP contribution in [0.4, 0.5) is 13.2 Å². The van der Waals surface area contributed by atoms with Gasteiger partial charge in [-0.1, -0.05) is 74.8 Å². The highest BCUT2D eigenvalue weighted by atomic mass is 19.4. The van der Waals surface area contributed by atoms with Crippen LogP contribution in [0.15, 0.2) is 11.6 Å². The van der Waals surface area contributed by atoms with E-state index < -0.39 is 46.5 Å². The van der Waals surface area contributed by atoms with Gasteiger partial charge in [0, 0.05) is 5.41 Å². The van der Waals surface area contributed by atoms with Crippen molar-refractivity contribution in [3.05, 3.63) is 11.6 Å². The molecule has 1 saturated carbocycles. The Morgan fingerprint density at radius 1 is 1.07 bits per heavy atom. The second kappa shape index (κ2) is 13.1. The van der Waals surface area contributed by atoms with Gasteiger partial charge < -0.3 is 9.84 Å². The second-order valence-electron chi connectivity index (χ2n) is 16.8. The lowest BCUT2D eigenvalue weighted by Gasteiger charge is -2.64. The molecule has 5 nitrogen and oxygen atoms in total. The molecule has 0 amide bonds. The number of fused-ring (bicyclic) bond motifs is 1. The van der Waals surface area contributed by atoms with Crippen LogP contribution >= 0.6 is 0 Å². The quantitative estimate of drug-likeness (QED) is 0.206. The van der Waals surface area contributed by atoms with Crippen LogP contribution in [-0.4, -0.2) is 35.7 Å². The third-order valence-electron chi connectivity index (χ3n) is 12.1. The van der Waals surface area contributed by atoms with Gasteiger partial charge in [0.05, 0.1) is 17.1 Å². The van der Waals surface area contributed by atoms with Crippen molar-refractivity contribution in [2.24, 2.45) is 44.3 Å². The molecule has 2 rings (SSSR count). The summed E-state index contributed by atoms with van der Waals surface area (Å²) in [6.07, 6.45) is 2.61. The minimum Gasteiger partial charge on any atom is -0.456 e. The Balaban J connectivity index is 2.52. The number of nitriles is 1. The largest absolute Gasteiger partial charge is 0.456 e. The van der Waals surface area contributed by atoms with Crippen molar-refractivity contribution in [3.8, 4) is 6.07 Å². The highest BCUT2D eigenvalue weighted by Gasteiger charge is 2.63. The number of rotatable bonds is 13. The Bertz CT molecular complexity index is 1130. The Morgan fingerprint density at radius 3 is 2.14 bits per heavy atom. The Labute approximate surface area is 264 Å². The molecule has 0 aliphatic heterocycles. The SMILES string of the molecule is CCCC(C)(C)CC[C@@](C)(CCC(C)(C)[C@]1(C)CC[C@H]2C(C)(C)C(=O)C(C#N)=C[C@]2(C)[C@H]1C[C@H](C)O)C(=O)OCC(F)(F)F. The van der Waals surface area contributed by atoms with Crippen molar-refractivity contribution in [1.82, 2.24) is 0 Å². The van der Waals surface area contributed by atoms with E-state index in [0.717, 1.165) is 25.7 Å². The standard InChI is InChI=1S/C36H58F3NO4/c1-12-14-30(3,4)16-18-33(9,29(43)44-23-36(37,38)39)19-17-31(5,6)35(11)15-13-26-32(7,8)28(42)25(22-40)21-34(26,10)27(35)20-24(2)41/h21,24,26-27,41H,12-20,23H2,1-11H3/t24-,26-,27+,33-,34-,35+/m0/s1. The summed E-state index contributed by atoms with van der Waals surface area (Å²) in [5, 5.41) is 20.7. The number of Topliss-reactive ketones (excluding diaryl/α,β-unsaturated/α-hetero) is 1. The van der Waals surface area contributed by atoms with Crippen molar-refractivity contribution in [2.45, 2.75) is 146 Å². The van der Waals surface area contributed by atoms with E-state index in [9.17, 15) is 33.1 Å². The molecule has 0 spiro atoms. The fraction of sp³-hybridized carbons (Fsp3) is 0.861. The van der Waals surface area contributed by atoms with Crippen LogP contribution in [0, 0.1) is 55.7 Å². The summed E-state index contributed by atoms with van der Waals surface area (Å²) in [7, 11) is 0. The third-order valence-corrected chi connectivity index (χ3v) is 12.1. The molecular weight excluding hydrogens is 567 g/mol. The minimum atomic E-state index is -4.60. The molecule has 252 valence electrons. The third kappa shape index (κ3) is 7.91. The molecule has 0 aromatic heterocycles. The number of alkyl halides is 3.